The number of benzene rings is 2. The Morgan fingerprint density at radius 1 is 1.22 bits per heavy atom. The van der Waals surface area contributed by atoms with Crippen LogP contribution in [0.25, 0.3) is 0 Å². The summed E-state index contributed by atoms with van der Waals surface area (Å²) in [6.07, 6.45) is 0.0667. The third-order valence-electron chi connectivity index (χ3n) is 2.88. The van der Waals surface area contributed by atoms with Crippen LogP contribution in [0, 0.1) is 6.92 Å². The smallest absolute Gasteiger partial charge is 0.0830 e. The summed E-state index contributed by atoms with van der Waals surface area (Å²) in [6, 6.07) is 13.5. The lowest BCUT2D eigenvalue weighted by molar-refractivity contribution is 0.178. The lowest BCUT2D eigenvalue weighted by atomic mass is 10.0. The average Bonchev–Trinajstić information content (AvgIpc) is 2.32. The topological polar surface area (TPSA) is 20.2 Å². The standard InChI is InChI=1S/C15H14BrClO/c1-10-7-12(5-6-14(10)16)15(18)9-11-3-2-4-13(17)8-11/h2-8,15,18H,9H2,1H3. The van der Waals surface area contributed by atoms with Crippen LogP contribution in [-0.2, 0) is 6.42 Å². The van der Waals surface area contributed by atoms with Crippen LogP contribution in [0.4, 0.5) is 0 Å². The normalized spacial score (nSPS) is 12.4. The van der Waals surface area contributed by atoms with Crippen molar-refractivity contribution in [3.8, 4) is 0 Å². The van der Waals surface area contributed by atoms with Crippen LogP contribution in [0.5, 0.6) is 0 Å². The molecule has 1 atom stereocenters. The maximum atomic E-state index is 10.2. The van der Waals surface area contributed by atoms with E-state index in [0.717, 1.165) is 21.2 Å². The summed E-state index contributed by atoms with van der Waals surface area (Å²) in [4.78, 5) is 0. The van der Waals surface area contributed by atoms with E-state index in [4.69, 9.17) is 11.6 Å². The largest absolute Gasteiger partial charge is 0.388 e. The third kappa shape index (κ3) is 3.35. The molecule has 3 heteroatoms. The first-order chi connectivity index (χ1) is 8.56. The van der Waals surface area contributed by atoms with Crippen molar-refractivity contribution in [2.45, 2.75) is 19.4 Å². The average molecular weight is 326 g/mol. The molecule has 1 unspecified atom stereocenters. The van der Waals surface area contributed by atoms with E-state index in [2.05, 4.69) is 15.9 Å². The number of hydrogen-bond acceptors (Lipinski definition) is 1. The first kappa shape index (κ1) is 13.6. The molecule has 0 amide bonds. The minimum atomic E-state index is -0.504. The highest BCUT2D eigenvalue weighted by Crippen LogP contribution is 2.24. The van der Waals surface area contributed by atoms with E-state index in [1.165, 1.54) is 0 Å². The van der Waals surface area contributed by atoms with Crippen LogP contribution in [0.3, 0.4) is 0 Å². The molecular weight excluding hydrogens is 312 g/mol. The molecule has 1 nitrogen and oxygen atoms in total. The van der Waals surface area contributed by atoms with E-state index in [-0.39, 0.29) is 0 Å². The summed E-state index contributed by atoms with van der Waals surface area (Å²) in [6.45, 7) is 2.01. The first-order valence-corrected chi connectivity index (χ1v) is 6.92. The molecule has 18 heavy (non-hydrogen) atoms. The number of aryl methyl sites for hydroxylation is 1. The highest BCUT2D eigenvalue weighted by molar-refractivity contribution is 9.10. The van der Waals surface area contributed by atoms with Crippen LogP contribution >= 0.6 is 27.5 Å². The van der Waals surface area contributed by atoms with Gasteiger partial charge in [0.1, 0.15) is 0 Å². The molecule has 0 aliphatic rings. The maximum absolute atomic E-state index is 10.2. The van der Waals surface area contributed by atoms with Gasteiger partial charge in [-0.15, -0.1) is 0 Å². The monoisotopic (exact) mass is 324 g/mol. The highest BCUT2D eigenvalue weighted by atomic mass is 79.9. The van der Waals surface area contributed by atoms with Gasteiger partial charge in [-0.3, -0.25) is 0 Å². The molecule has 0 aliphatic carbocycles. The Bertz CT molecular complexity index is 554. The van der Waals surface area contributed by atoms with Crippen LogP contribution in [-0.4, -0.2) is 5.11 Å². The molecule has 0 heterocycles. The van der Waals surface area contributed by atoms with Crippen molar-refractivity contribution in [2.75, 3.05) is 0 Å². The molecule has 2 rings (SSSR count). The van der Waals surface area contributed by atoms with E-state index in [0.29, 0.717) is 11.4 Å². The van der Waals surface area contributed by atoms with E-state index in [9.17, 15) is 5.11 Å². The van der Waals surface area contributed by atoms with Gasteiger partial charge in [0.2, 0.25) is 0 Å². The van der Waals surface area contributed by atoms with Crippen molar-refractivity contribution in [3.05, 3.63) is 68.7 Å². The summed E-state index contributed by atoms with van der Waals surface area (Å²) in [7, 11) is 0. The molecule has 94 valence electrons. The summed E-state index contributed by atoms with van der Waals surface area (Å²) >= 11 is 9.39. The third-order valence-corrected chi connectivity index (χ3v) is 4.01. The summed E-state index contributed by atoms with van der Waals surface area (Å²) in [5, 5.41) is 10.9. The predicted molar refractivity (Wildman–Crippen MR) is 79.0 cm³/mol. The summed E-state index contributed by atoms with van der Waals surface area (Å²) in [5.41, 5.74) is 3.09. The van der Waals surface area contributed by atoms with E-state index < -0.39 is 6.10 Å². The van der Waals surface area contributed by atoms with Crippen molar-refractivity contribution in [3.63, 3.8) is 0 Å². The Morgan fingerprint density at radius 2 is 2.00 bits per heavy atom. The van der Waals surface area contributed by atoms with Gasteiger partial charge in [-0.05, 0) is 41.8 Å². The zero-order valence-corrected chi connectivity index (χ0v) is 12.4. The number of hydrogen-bond donors (Lipinski definition) is 1. The molecule has 0 spiro atoms. The minimum Gasteiger partial charge on any atom is -0.388 e. The molecule has 0 aromatic heterocycles. The number of rotatable bonds is 3. The number of aliphatic hydroxyl groups is 1. The second-order valence-electron chi connectivity index (χ2n) is 4.36. The molecule has 0 radical (unpaired) electrons. The van der Waals surface area contributed by atoms with Gasteiger partial charge in [0.05, 0.1) is 6.10 Å². The molecule has 2 aromatic rings. The van der Waals surface area contributed by atoms with E-state index >= 15 is 0 Å². The van der Waals surface area contributed by atoms with Crippen molar-refractivity contribution < 1.29 is 5.11 Å². The Kier molecular flexibility index (Phi) is 4.44. The molecule has 0 saturated heterocycles. The number of aliphatic hydroxyl groups excluding tert-OH is 1. The molecular formula is C15H14BrClO. The zero-order chi connectivity index (χ0) is 13.1. The van der Waals surface area contributed by atoms with Crippen LogP contribution in [0.2, 0.25) is 5.02 Å². The lowest BCUT2D eigenvalue weighted by Gasteiger charge is -2.12. The maximum Gasteiger partial charge on any atom is 0.0830 e. The SMILES string of the molecule is Cc1cc(C(O)Cc2cccc(Cl)c2)ccc1Br. The quantitative estimate of drug-likeness (QED) is 0.868. The van der Waals surface area contributed by atoms with Gasteiger partial charge in [0.25, 0.3) is 0 Å². The minimum absolute atomic E-state index is 0.504. The van der Waals surface area contributed by atoms with Gasteiger partial charge in [-0.2, -0.15) is 0 Å². The van der Waals surface area contributed by atoms with Crippen molar-refractivity contribution in [1.29, 1.82) is 0 Å². The molecule has 2 aromatic carbocycles. The Hall–Kier alpha value is -0.830. The Balaban J connectivity index is 2.16. The fourth-order valence-electron chi connectivity index (χ4n) is 1.88. The van der Waals surface area contributed by atoms with Crippen molar-refractivity contribution in [1.82, 2.24) is 0 Å². The van der Waals surface area contributed by atoms with Crippen LogP contribution < -0.4 is 0 Å². The highest BCUT2D eigenvalue weighted by Gasteiger charge is 2.10. The molecule has 0 saturated carbocycles. The van der Waals surface area contributed by atoms with E-state index in [1.807, 2.05) is 49.4 Å². The summed E-state index contributed by atoms with van der Waals surface area (Å²) < 4.78 is 1.06. The van der Waals surface area contributed by atoms with Gasteiger partial charge in [-0.25, -0.2) is 0 Å². The molecule has 0 aliphatic heterocycles. The fraction of sp³-hybridized carbons (Fsp3) is 0.200. The predicted octanol–water partition coefficient (Wildman–Crippen LogP) is 4.69. The molecule has 0 fully saturated rings. The van der Waals surface area contributed by atoms with Gasteiger partial charge in [0.15, 0.2) is 0 Å². The van der Waals surface area contributed by atoms with Crippen LogP contribution in [0.15, 0.2) is 46.9 Å². The lowest BCUT2D eigenvalue weighted by Crippen LogP contribution is -2.02. The second kappa shape index (κ2) is 5.87. The van der Waals surface area contributed by atoms with Gasteiger partial charge in [-0.1, -0.05) is 51.8 Å². The second-order valence-corrected chi connectivity index (χ2v) is 5.65. The van der Waals surface area contributed by atoms with Crippen molar-refractivity contribution >= 4 is 27.5 Å². The summed E-state index contributed by atoms with van der Waals surface area (Å²) in [5.74, 6) is 0. The number of halogens is 2. The van der Waals surface area contributed by atoms with Gasteiger partial charge >= 0.3 is 0 Å². The molecule has 0 bridgehead atoms. The first-order valence-electron chi connectivity index (χ1n) is 5.75. The van der Waals surface area contributed by atoms with E-state index in [1.54, 1.807) is 0 Å². The fourth-order valence-corrected chi connectivity index (χ4v) is 2.34. The van der Waals surface area contributed by atoms with Crippen LogP contribution in [0.1, 0.15) is 22.8 Å². The Labute approximate surface area is 121 Å². The zero-order valence-electron chi connectivity index (χ0n) is 10.0. The Morgan fingerprint density at radius 3 is 2.67 bits per heavy atom. The van der Waals surface area contributed by atoms with Crippen molar-refractivity contribution in [2.24, 2.45) is 0 Å². The van der Waals surface area contributed by atoms with Gasteiger partial charge in [0, 0.05) is 15.9 Å². The van der Waals surface area contributed by atoms with Gasteiger partial charge < -0.3 is 5.11 Å². The molecule has 1 N–H and O–H groups in total.